The molecular formula is C13H19NOS. The quantitative estimate of drug-likeness (QED) is 0.801. The molecule has 1 aromatic rings. The van der Waals surface area contributed by atoms with E-state index in [4.69, 9.17) is 0 Å². The van der Waals surface area contributed by atoms with Crippen molar-refractivity contribution in [2.24, 2.45) is 0 Å². The second kappa shape index (κ2) is 7.99. The Bertz CT molecular complexity index is 335. The lowest BCUT2D eigenvalue weighted by Gasteiger charge is -2.12. The molecule has 0 aliphatic heterocycles. The zero-order valence-corrected chi connectivity index (χ0v) is 10.7. The number of rotatable bonds is 4. The van der Waals surface area contributed by atoms with Crippen molar-refractivity contribution < 1.29 is 4.79 Å². The maximum atomic E-state index is 11.4. The smallest absolute Gasteiger partial charge is 0.244 e. The molecule has 0 aromatic heterocycles. The maximum Gasteiger partial charge on any atom is 0.244 e. The van der Waals surface area contributed by atoms with E-state index in [1.54, 1.807) is 6.08 Å². The summed E-state index contributed by atoms with van der Waals surface area (Å²) >= 11 is 0. The minimum atomic E-state index is -0.0341. The monoisotopic (exact) mass is 237 g/mol. The van der Waals surface area contributed by atoms with Crippen molar-refractivity contribution in [3.8, 4) is 0 Å². The normalized spacial score (nSPS) is 11.9. The van der Waals surface area contributed by atoms with E-state index in [9.17, 15) is 4.79 Å². The van der Waals surface area contributed by atoms with E-state index < -0.39 is 0 Å². The summed E-state index contributed by atoms with van der Waals surface area (Å²) in [6, 6.07) is 9.98. The van der Waals surface area contributed by atoms with Gasteiger partial charge in [0.2, 0.25) is 5.91 Å². The first-order chi connectivity index (χ1) is 7.24. The molecule has 0 bridgehead atoms. The minimum absolute atomic E-state index is 0. The highest BCUT2D eigenvalue weighted by Crippen LogP contribution is 2.10. The Balaban J connectivity index is 0.00000225. The van der Waals surface area contributed by atoms with Gasteiger partial charge in [0.15, 0.2) is 0 Å². The molecule has 0 aliphatic carbocycles. The Hall–Kier alpha value is -1.22. The number of hydrogen-bond acceptors (Lipinski definition) is 1. The van der Waals surface area contributed by atoms with Crippen LogP contribution < -0.4 is 5.32 Å². The van der Waals surface area contributed by atoms with Gasteiger partial charge in [0.05, 0.1) is 6.04 Å². The Labute approximate surface area is 104 Å². The average Bonchev–Trinajstić information content (AvgIpc) is 2.27. The Morgan fingerprint density at radius 3 is 2.56 bits per heavy atom. The van der Waals surface area contributed by atoms with Gasteiger partial charge < -0.3 is 5.32 Å². The third-order valence-electron chi connectivity index (χ3n) is 2.16. The zero-order valence-electron chi connectivity index (χ0n) is 9.73. The van der Waals surface area contributed by atoms with Crippen LogP contribution in [-0.2, 0) is 4.79 Å². The summed E-state index contributed by atoms with van der Waals surface area (Å²) in [7, 11) is 0. The number of amides is 1. The van der Waals surface area contributed by atoms with Crippen LogP contribution in [0.15, 0.2) is 42.5 Å². The van der Waals surface area contributed by atoms with Gasteiger partial charge in [-0.15, -0.1) is 0 Å². The van der Waals surface area contributed by atoms with Crippen LogP contribution >= 0.6 is 13.5 Å². The second-order valence-electron chi connectivity index (χ2n) is 3.45. The van der Waals surface area contributed by atoms with Gasteiger partial charge in [-0.2, -0.15) is 13.5 Å². The molecule has 0 heterocycles. The molecule has 0 radical (unpaired) electrons. The molecule has 0 saturated heterocycles. The van der Waals surface area contributed by atoms with Crippen LogP contribution in [0.25, 0.3) is 0 Å². The van der Waals surface area contributed by atoms with Crippen LogP contribution in [0.5, 0.6) is 0 Å². The number of benzene rings is 1. The molecule has 2 nitrogen and oxygen atoms in total. The fraction of sp³-hybridized carbons (Fsp3) is 0.308. The minimum Gasteiger partial charge on any atom is -0.346 e. The Kier molecular flexibility index (Phi) is 7.38. The van der Waals surface area contributed by atoms with Gasteiger partial charge >= 0.3 is 0 Å². The number of carbonyl (C=O) groups excluding carboxylic acids is 1. The molecule has 1 N–H and O–H groups in total. The van der Waals surface area contributed by atoms with Gasteiger partial charge in [-0.3, -0.25) is 4.79 Å². The molecule has 0 aliphatic rings. The summed E-state index contributed by atoms with van der Waals surface area (Å²) in [6.07, 6.45) is 4.32. The Morgan fingerprint density at radius 2 is 2.00 bits per heavy atom. The lowest BCUT2D eigenvalue weighted by atomic mass is 10.1. The summed E-state index contributed by atoms with van der Waals surface area (Å²) < 4.78 is 0. The van der Waals surface area contributed by atoms with Gasteiger partial charge in [-0.05, 0) is 25.0 Å². The highest BCUT2D eigenvalue weighted by atomic mass is 32.1. The van der Waals surface area contributed by atoms with E-state index in [0.29, 0.717) is 0 Å². The van der Waals surface area contributed by atoms with Gasteiger partial charge in [-0.25, -0.2) is 0 Å². The molecule has 0 unspecified atom stereocenters. The van der Waals surface area contributed by atoms with Crippen LogP contribution in [0, 0.1) is 0 Å². The Morgan fingerprint density at radius 1 is 1.38 bits per heavy atom. The molecule has 0 saturated carbocycles. The first kappa shape index (κ1) is 14.8. The van der Waals surface area contributed by atoms with Crippen molar-refractivity contribution in [3.63, 3.8) is 0 Å². The predicted octanol–water partition coefficient (Wildman–Crippen LogP) is 2.94. The van der Waals surface area contributed by atoms with Crippen LogP contribution in [0.4, 0.5) is 0 Å². The van der Waals surface area contributed by atoms with Crippen molar-refractivity contribution in [3.05, 3.63) is 48.0 Å². The van der Waals surface area contributed by atoms with E-state index in [-0.39, 0.29) is 25.4 Å². The summed E-state index contributed by atoms with van der Waals surface area (Å²) in [4.78, 5) is 11.4. The van der Waals surface area contributed by atoms with E-state index in [1.807, 2.05) is 50.3 Å². The van der Waals surface area contributed by atoms with Crippen molar-refractivity contribution in [2.75, 3.05) is 0 Å². The number of nitrogens with one attached hydrogen (secondary N) is 1. The standard InChI is InChI=1S/C13H17NO.H2S/c1-3-4-10-13(15)14-11(2)12-8-6-5-7-9-12;/h4-11H,3H2,1-2H3,(H,14,15);1H2/b10-4+;/t11-;/m0./s1. The first-order valence-electron chi connectivity index (χ1n) is 5.26. The topological polar surface area (TPSA) is 29.1 Å². The lowest BCUT2D eigenvalue weighted by molar-refractivity contribution is -0.117. The van der Waals surface area contributed by atoms with Crippen LogP contribution in [0.3, 0.4) is 0 Å². The van der Waals surface area contributed by atoms with E-state index >= 15 is 0 Å². The maximum absolute atomic E-state index is 11.4. The largest absolute Gasteiger partial charge is 0.346 e. The van der Waals surface area contributed by atoms with Crippen LogP contribution in [0.1, 0.15) is 31.9 Å². The summed E-state index contributed by atoms with van der Waals surface area (Å²) in [5.41, 5.74) is 1.12. The SMILES string of the molecule is CC/C=C/C(=O)N[C@@H](C)c1ccccc1.S. The van der Waals surface area contributed by atoms with Crippen molar-refractivity contribution in [2.45, 2.75) is 26.3 Å². The van der Waals surface area contributed by atoms with Gasteiger partial charge in [0, 0.05) is 0 Å². The number of allylic oxidation sites excluding steroid dienone is 1. The molecule has 16 heavy (non-hydrogen) atoms. The van der Waals surface area contributed by atoms with E-state index in [2.05, 4.69) is 5.32 Å². The lowest BCUT2D eigenvalue weighted by Crippen LogP contribution is -2.24. The zero-order chi connectivity index (χ0) is 11.1. The second-order valence-corrected chi connectivity index (χ2v) is 3.45. The summed E-state index contributed by atoms with van der Waals surface area (Å²) in [5, 5.41) is 2.91. The molecule has 1 rings (SSSR count). The van der Waals surface area contributed by atoms with Crippen LogP contribution in [-0.4, -0.2) is 5.91 Å². The third-order valence-corrected chi connectivity index (χ3v) is 2.16. The molecule has 0 fully saturated rings. The van der Waals surface area contributed by atoms with Gasteiger partial charge in [0.1, 0.15) is 0 Å². The van der Waals surface area contributed by atoms with Crippen molar-refractivity contribution >= 4 is 19.4 Å². The van der Waals surface area contributed by atoms with Crippen molar-refractivity contribution in [1.29, 1.82) is 0 Å². The summed E-state index contributed by atoms with van der Waals surface area (Å²) in [6.45, 7) is 3.98. The van der Waals surface area contributed by atoms with E-state index in [1.165, 1.54) is 0 Å². The molecule has 88 valence electrons. The fourth-order valence-corrected chi connectivity index (χ4v) is 1.31. The van der Waals surface area contributed by atoms with Crippen molar-refractivity contribution in [1.82, 2.24) is 5.32 Å². The number of carbonyl (C=O) groups is 1. The summed E-state index contributed by atoms with van der Waals surface area (Å²) in [5.74, 6) is -0.0341. The third kappa shape index (κ3) is 5.03. The molecular weight excluding hydrogens is 218 g/mol. The molecule has 3 heteroatoms. The molecule has 1 amide bonds. The molecule has 0 spiro atoms. The number of hydrogen-bond donors (Lipinski definition) is 1. The predicted molar refractivity (Wildman–Crippen MR) is 72.8 cm³/mol. The highest BCUT2D eigenvalue weighted by molar-refractivity contribution is 7.59. The molecule has 1 atom stereocenters. The first-order valence-corrected chi connectivity index (χ1v) is 5.26. The average molecular weight is 237 g/mol. The van der Waals surface area contributed by atoms with E-state index in [0.717, 1.165) is 12.0 Å². The fourth-order valence-electron chi connectivity index (χ4n) is 1.31. The highest BCUT2D eigenvalue weighted by Gasteiger charge is 2.05. The van der Waals surface area contributed by atoms with Gasteiger partial charge in [-0.1, -0.05) is 43.3 Å². The van der Waals surface area contributed by atoms with Gasteiger partial charge in [0.25, 0.3) is 0 Å². The molecule has 1 aromatic carbocycles. The van der Waals surface area contributed by atoms with Crippen LogP contribution in [0.2, 0.25) is 0 Å².